The molecule has 5 nitrogen and oxygen atoms in total. The molecule has 0 bridgehead atoms. The normalized spacial score (nSPS) is 10.3. The van der Waals surface area contributed by atoms with E-state index in [0.717, 1.165) is 4.88 Å². The van der Waals surface area contributed by atoms with Crippen LogP contribution in [-0.4, -0.2) is 25.2 Å². The van der Waals surface area contributed by atoms with Crippen LogP contribution >= 0.6 is 38.9 Å². The summed E-state index contributed by atoms with van der Waals surface area (Å²) in [5.74, 6) is 0.119. The predicted molar refractivity (Wildman–Crippen MR) is 86.5 cm³/mol. The van der Waals surface area contributed by atoms with Crippen LogP contribution in [0, 0.1) is 0 Å². The molecule has 21 heavy (non-hydrogen) atoms. The summed E-state index contributed by atoms with van der Waals surface area (Å²) in [6.07, 6.45) is 1.69. The van der Waals surface area contributed by atoms with E-state index < -0.39 is 5.97 Å². The zero-order valence-electron chi connectivity index (χ0n) is 11.3. The molecule has 2 rings (SSSR count). The van der Waals surface area contributed by atoms with Gasteiger partial charge in [0.25, 0.3) is 0 Å². The lowest BCUT2D eigenvalue weighted by molar-refractivity contribution is 0.0601. The summed E-state index contributed by atoms with van der Waals surface area (Å²) in [4.78, 5) is 16.8. The monoisotopic (exact) mass is 390 g/mol. The number of benzene rings is 1. The molecular formula is C13H12BrClN2O3S. The summed E-state index contributed by atoms with van der Waals surface area (Å²) in [6, 6.07) is 3.40. The Morgan fingerprint density at radius 2 is 2.24 bits per heavy atom. The highest BCUT2D eigenvalue weighted by Gasteiger charge is 2.17. The van der Waals surface area contributed by atoms with Crippen molar-refractivity contribution in [2.75, 3.05) is 19.5 Å². The summed E-state index contributed by atoms with van der Waals surface area (Å²) in [5.41, 5.74) is 1.02. The molecule has 1 aromatic heterocycles. The van der Waals surface area contributed by atoms with Crippen LogP contribution < -0.4 is 10.1 Å². The van der Waals surface area contributed by atoms with Crippen molar-refractivity contribution in [1.82, 2.24) is 4.98 Å². The Balaban J connectivity index is 2.30. The number of methoxy groups -OCH3 is 2. The molecule has 0 saturated heterocycles. The fourth-order valence-corrected chi connectivity index (χ4v) is 3.19. The Morgan fingerprint density at radius 1 is 1.48 bits per heavy atom. The number of carbonyl (C=O) groups is 1. The molecule has 0 aliphatic heterocycles. The van der Waals surface area contributed by atoms with E-state index >= 15 is 0 Å². The molecule has 1 aromatic carbocycles. The Bertz CT molecular complexity index is 663. The number of thiazole rings is 1. The van der Waals surface area contributed by atoms with Gasteiger partial charge in [0.15, 0.2) is 4.47 Å². The summed E-state index contributed by atoms with van der Waals surface area (Å²) in [6.45, 7) is 0.499. The van der Waals surface area contributed by atoms with Crippen molar-refractivity contribution in [2.24, 2.45) is 0 Å². The molecule has 1 N–H and O–H groups in total. The smallest absolute Gasteiger partial charge is 0.340 e. The minimum atomic E-state index is -0.445. The maximum absolute atomic E-state index is 11.9. The highest BCUT2D eigenvalue weighted by atomic mass is 79.9. The van der Waals surface area contributed by atoms with Gasteiger partial charge >= 0.3 is 5.97 Å². The fraction of sp³-hybridized carbons (Fsp3) is 0.231. The highest BCUT2D eigenvalue weighted by molar-refractivity contribution is 9.10. The van der Waals surface area contributed by atoms with Gasteiger partial charge in [-0.05, 0) is 28.1 Å². The van der Waals surface area contributed by atoms with Crippen molar-refractivity contribution in [3.63, 3.8) is 0 Å². The van der Waals surface area contributed by atoms with Crippen molar-refractivity contribution < 1.29 is 14.3 Å². The summed E-state index contributed by atoms with van der Waals surface area (Å²) >= 11 is 10.6. The van der Waals surface area contributed by atoms with E-state index in [0.29, 0.717) is 32.5 Å². The second-order valence-corrected chi connectivity index (χ2v) is 6.51. The van der Waals surface area contributed by atoms with Gasteiger partial charge in [0.05, 0.1) is 32.0 Å². The van der Waals surface area contributed by atoms with Gasteiger partial charge in [-0.3, -0.25) is 0 Å². The van der Waals surface area contributed by atoms with E-state index in [2.05, 4.69) is 26.2 Å². The molecule has 2 aromatic rings. The van der Waals surface area contributed by atoms with E-state index in [1.165, 1.54) is 25.6 Å². The average Bonchev–Trinajstić information content (AvgIpc) is 2.90. The van der Waals surface area contributed by atoms with Gasteiger partial charge in [-0.2, -0.15) is 0 Å². The molecule has 8 heteroatoms. The molecule has 0 radical (unpaired) electrons. The molecule has 0 spiro atoms. The Labute approximate surface area is 139 Å². The van der Waals surface area contributed by atoms with Crippen LogP contribution in [-0.2, 0) is 11.3 Å². The number of ether oxygens (including phenoxy) is 2. The third-order valence-corrected chi connectivity index (χ3v) is 4.41. The van der Waals surface area contributed by atoms with Crippen molar-refractivity contribution in [3.8, 4) is 5.75 Å². The maximum atomic E-state index is 11.9. The third-order valence-electron chi connectivity index (χ3n) is 2.67. The largest absolute Gasteiger partial charge is 0.497 e. The standard InChI is InChI=1S/C13H12BrClN2O3S/c1-19-7-3-9(12(18)20-2)11(10(14)4-7)16-5-8-6-17-13(15)21-8/h3-4,6,16H,5H2,1-2H3. The fourth-order valence-electron chi connectivity index (χ4n) is 1.69. The average molecular weight is 392 g/mol. The van der Waals surface area contributed by atoms with Crippen LogP contribution in [0.15, 0.2) is 22.8 Å². The van der Waals surface area contributed by atoms with Gasteiger partial charge < -0.3 is 14.8 Å². The molecule has 0 fully saturated rings. The number of halogens is 2. The number of esters is 1. The first-order valence-electron chi connectivity index (χ1n) is 5.85. The number of hydrogen-bond donors (Lipinski definition) is 1. The number of rotatable bonds is 5. The number of carbonyl (C=O) groups excluding carboxylic acids is 1. The number of anilines is 1. The van der Waals surface area contributed by atoms with Crippen molar-refractivity contribution in [1.29, 1.82) is 0 Å². The molecule has 0 saturated carbocycles. The maximum Gasteiger partial charge on any atom is 0.340 e. The highest BCUT2D eigenvalue weighted by Crippen LogP contribution is 2.33. The lowest BCUT2D eigenvalue weighted by Crippen LogP contribution is -2.09. The van der Waals surface area contributed by atoms with Crippen LogP contribution in [0.5, 0.6) is 5.75 Å². The number of aromatic nitrogens is 1. The second-order valence-electron chi connectivity index (χ2n) is 3.96. The quantitative estimate of drug-likeness (QED) is 0.782. The Hall–Kier alpha value is -1.31. The number of hydrogen-bond acceptors (Lipinski definition) is 6. The minimum Gasteiger partial charge on any atom is -0.497 e. The minimum absolute atomic E-state index is 0.388. The number of nitrogens with one attached hydrogen (secondary N) is 1. The molecule has 0 unspecified atom stereocenters. The lowest BCUT2D eigenvalue weighted by atomic mass is 10.1. The van der Waals surface area contributed by atoms with Gasteiger partial charge in [-0.15, -0.1) is 11.3 Å². The second kappa shape index (κ2) is 7.11. The molecule has 0 aliphatic rings. The summed E-state index contributed by atoms with van der Waals surface area (Å²) < 4.78 is 11.1. The van der Waals surface area contributed by atoms with Crippen LogP contribution in [0.25, 0.3) is 0 Å². The first-order chi connectivity index (χ1) is 10.0. The molecule has 0 atom stereocenters. The van der Waals surface area contributed by atoms with E-state index in [9.17, 15) is 4.79 Å². The van der Waals surface area contributed by atoms with Gasteiger partial charge in [0.2, 0.25) is 0 Å². The first kappa shape index (κ1) is 16.1. The van der Waals surface area contributed by atoms with Crippen LogP contribution in [0.2, 0.25) is 4.47 Å². The lowest BCUT2D eigenvalue weighted by Gasteiger charge is -2.14. The van der Waals surface area contributed by atoms with Gasteiger partial charge in [-0.1, -0.05) is 11.6 Å². The predicted octanol–water partition coefficient (Wildman–Crippen LogP) is 3.97. The molecule has 0 aliphatic carbocycles. The zero-order valence-corrected chi connectivity index (χ0v) is 14.4. The van der Waals surface area contributed by atoms with Crippen molar-refractivity contribution in [2.45, 2.75) is 6.54 Å². The molecule has 1 heterocycles. The Kier molecular flexibility index (Phi) is 5.44. The van der Waals surface area contributed by atoms with E-state index in [-0.39, 0.29) is 0 Å². The van der Waals surface area contributed by atoms with Crippen LogP contribution in [0.1, 0.15) is 15.2 Å². The topological polar surface area (TPSA) is 60.5 Å². The van der Waals surface area contributed by atoms with E-state index in [1.54, 1.807) is 18.3 Å². The summed E-state index contributed by atoms with van der Waals surface area (Å²) in [5, 5.41) is 3.19. The zero-order chi connectivity index (χ0) is 15.4. The third kappa shape index (κ3) is 3.87. The molecular weight excluding hydrogens is 380 g/mol. The van der Waals surface area contributed by atoms with Crippen LogP contribution in [0.4, 0.5) is 5.69 Å². The van der Waals surface area contributed by atoms with Crippen molar-refractivity contribution >= 4 is 50.5 Å². The molecule has 112 valence electrons. The van der Waals surface area contributed by atoms with Gasteiger partial charge in [0, 0.05) is 15.5 Å². The van der Waals surface area contributed by atoms with Crippen molar-refractivity contribution in [3.05, 3.63) is 37.7 Å². The van der Waals surface area contributed by atoms with Gasteiger partial charge in [-0.25, -0.2) is 9.78 Å². The van der Waals surface area contributed by atoms with E-state index in [1.807, 2.05) is 0 Å². The van der Waals surface area contributed by atoms with E-state index in [4.69, 9.17) is 21.1 Å². The first-order valence-corrected chi connectivity index (χ1v) is 7.83. The SMILES string of the molecule is COC(=O)c1cc(OC)cc(Br)c1NCc1cnc(Cl)s1. The molecule has 0 amide bonds. The Morgan fingerprint density at radius 3 is 2.81 bits per heavy atom. The van der Waals surface area contributed by atoms with Gasteiger partial charge in [0.1, 0.15) is 5.75 Å². The number of nitrogens with zero attached hydrogens (tertiary/aromatic N) is 1. The van der Waals surface area contributed by atoms with Crippen LogP contribution in [0.3, 0.4) is 0 Å². The summed E-state index contributed by atoms with van der Waals surface area (Å²) in [7, 11) is 2.87.